The first-order chi connectivity index (χ1) is 10.3. The average Bonchev–Trinajstić information content (AvgIpc) is 2.96. The first kappa shape index (κ1) is 14.3. The Morgan fingerprint density at radius 1 is 1.00 bits per heavy atom. The Morgan fingerprint density at radius 2 is 1.81 bits per heavy atom. The highest BCUT2D eigenvalue weighted by molar-refractivity contribution is 5.35. The monoisotopic (exact) mass is 283 g/mol. The summed E-state index contributed by atoms with van der Waals surface area (Å²) in [6.07, 6.45) is 5.32. The minimum atomic E-state index is -0.120. The summed E-state index contributed by atoms with van der Waals surface area (Å²) in [6, 6.07) is 13.8. The van der Waals surface area contributed by atoms with Crippen molar-refractivity contribution >= 4 is 0 Å². The first-order valence-corrected chi connectivity index (χ1v) is 7.80. The molecule has 0 fully saturated rings. The van der Waals surface area contributed by atoms with Crippen molar-refractivity contribution in [2.24, 2.45) is 11.7 Å². The molecule has 3 rings (SSSR count). The van der Waals surface area contributed by atoms with E-state index in [1.807, 2.05) is 12.1 Å². The van der Waals surface area contributed by atoms with Crippen molar-refractivity contribution in [3.63, 3.8) is 0 Å². The van der Waals surface area contributed by atoms with Gasteiger partial charge in [0.1, 0.15) is 5.82 Å². The molecule has 2 aromatic carbocycles. The highest BCUT2D eigenvalue weighted by Crippen LogP contribution is 2.24. The van der Waals surface area contributed by atoms with Gasteiger partial charge in [-0.15, -0.1) is 0 Å². The number of fused-ring (bicyclic) bond motifs is 1. The highest BCUT2D eigenvalue weighted by Gasteiger charge is 2.15. The summed E-state index contributed by atoms with van der Waals surface area (Å²) in [5.41, 5.74) is 11.0. The van der Waals surface area contributed by atoms with E-state index in [4.69, 9.17) is 5.73 Å². The van der Waals surface area contributed by atoms with Gasteiger partial charge in [-0.2, -0.15) is 0 Å². The van der Waals surface area contributed by atoms with Crippen LogP contribution in [0.25, 0.3) is 0 Å². The summed E-state index contributed by atoms with van der Waals surface area (Å²) in [5.74, 6) is 0.172. The van der Waals surface area contributed by atoms with Gasteiger partial charge in [0.2, 0.25) is 0 Å². The Hall–Kier alpha value is -1.67. The van der Waals surface area contributed by atoms with E-state index in [0.29, 0.717) is 18.9 Å². The zero-order valence-corrected chi connectivity index (χ0v) is 12.3. The predicted octanol–water partition coefficient (Wildman–Crippen LogP) is 3.67. The molecule has 21 heavy (non-hydrogen) atoms. The number of nitrogens with two attached hydrogens (primary N) is 1. The largest absolute Gasteiger partial charge is 0.330 e. The van der Waals surface area contributed by atoms with Crippen molar-refractivity contribution < 1.29 is 4.39 Å². The molecular formula is C19H22FN. The molecule has 0 amide bonds. The van der Waals surface area contributed by atoms with Crippen molar-refractivity contribution in [3.8, 4) is 0 Å². The van der Waals surface area contributed by atoms with Gasteiger partial charge in [-0.3, -0.25) is 0 Å². The van der Waals surface area contributed by atoms with Crippen molar-refractivity contribution in [3.05, 3.63) is 70.5 Å². The van der Waals surface area contributed by atoms with E-state index in [0.717, 1.165) is 12.0 Å². The maximum absolute atomic E-state index is 13.8. The van der Waals surface area contributed by atoms with E-state index in [2.05, 4.69) is 18.2 Å². The van der Waals surface area contributed by atoms with Gasteiger partial charge < -0.3 is 5.73 Å². The Balaban J connectivity index is 1.71. The molecule has 2 aromatic rings. The van der Waals surface area contributed by atoms with Gasteiger partial charge >= 0.3 is 0 Å². The summed E-state index contributed by atoms with van der Waals surface area (Å²) in [4.78, 5) is 0. The Bertz CT molecular complexity index is 621. The molecule has 1 unspecified atom stereocenters. The molecule has 0 aliphatic heterocycles. The molecule has 0 radical (unpaired) electrons. The highest BCUT2D eigenvalue weighted by atomic mass is 19.1. The lowest BCUT2D eigenvalue weighted by Crippen LogP contribution is -2.20. The number of hydrogen-bond acceptors (Lipinski definition) is 1. The molecule has 0 saturated heterocycles. The van der Waals surface area contributed by atoms with Crippen LogP contribution in [-0.2, 0) is 25.7 Å². The zero-order valence-electron chi connectivity index (χ0n) is 12.3. The van der Waals surface area contributed by atoms with E-state index < -0.39 is 0 Å². The van der Waals surface area contributed by atoms with Crippen LogP contribution in [0.2, 0.25) is 0 Å². The third kappa shape index (κ3) is 3.33. The molecule has 2 N–H and O–H groups in total. The summed E-state index contributed by atoms with van der Waals surface area (Å²) >= 11 is 0. The molecule has 110 valence electrons. The van der Waals surface area contributed by atoms with E-state index in [9.17, 15) is 4.39 Å². The minimum absolute atomic E-state index is 0.120. The molecule has 0 heterocycles. The van der Waals surface area contributed by atoms with E-state index >= 15 is 0 Å². The molecule has 1 atom stereocenters. The number of aryl methyl sites for hydroxylation is 2. The van der Waals surface area contributed by atoms with Gasteiger partial charge in [-0.25, -0.2) is 4.39 Å². The lowest BCUT2D eigenvalue weighted by Gasteiger charge is -2.16. The fraction of sp³-hybridized carbons (Fsp3) is 0.368. The maximum atomic E-state index is 13.8. The van der Waals surface area contributed by atoms with Gasteiger partial charge in [0.05, 0.1) is 0 Å². The average molecular weight is 283 g/mol. The molecule has 1 nitrogen and oxygen atoms in total. The van der Waals surface area contributed by atoms with Gasteiger partial charge in [0.15, 0.2) is 0 Å². The van der Waals surface area contributed by atoms with Crippen molar-refractivity contribution in [1.82, 2.24) is 0 Å². The molecular weight excluding hydrogens is 261 g/mol. The Kier molecular flexibility index (Phi) is 4.35. The second kappa shape index (κ2) is 6.40. The van der Waals surface area contributed by atoms with Gasteiger partial charge in [0.25, 0.3) is 0 Å². The summed E-state index contributed by atoms with van der Waals surface area (Å²) in [5, 5.41) is 0. The number of halogens is 1. The van der Waals surface area contributed by atoms with Crippen LogP contribution >= 0.6 is 0 Å². The number of benzene rings is 2. The quantitative estimate of drug-likeness (QED) is 0.890. The standard InChI is InChI=1S/C19H22FN/c20-19-7-2-1-4-18(19)12-15(13-21)10-14-8-9-16-5-3-6-17(16)11-14/h1-2,4,7-9,11,15H,3,5-6,10,12-13,21H2. The second-order valence-electron chi connectivity index (χ2n) is 6.06. The number of rotatable bonds is 5. The maximum Gasteiger partial charge on any atom is 0.126 e. The van der Waals surface area contributed by atoms with Crippen LogP contribution in [0, 0.1) is 11.7 Å². The van der Waals surface area contributed by atoms with Crippen LogP contribution < -0.4 is 5.73 Å². The minimum Gasteiger partial charge on any atom is -0.330 e. The van der Waals surface area contributed by atoms with Gasteiger partial charge in [-0.1, -0.05) is 36.4 Å². The fourth-order valence-electron chi connectivity index (χ4n) is 3.30. The summed E-state index contributed by atoms with van der Waals surface area (Å²) < 4.78 is 13.8. The SMILES string of the molecule is NCC(Cc1ccc2c(c1)CCC2)Cc1ccccc1F. The van der Waals surface area contributed by atoms with E-state index in [1.54, 1.807) is 6.07 Å². The fourth-order valence-corrected chi connectivity index (χ4v) is 3.30. The normalized spacial score (nSPS) is 15.0. The zero-order chi connectivity index (χ0) is 14.7. The van der Waals surface area contributed by atoms with Crippen LogP contribution in [0.4, 0.5) is 4.39 Å². The molecule has 1 aliphatic rings. The van der Waals surface area contributed by atoms with Crippen LogP contribution in [0.1, 0.15) is 28.7 Å². The first-order valence-electron chi connectivity index (χ1n) is 7.80. The third-order valence-electron chi connectivity index (χ3n) is 4.49. The van der Waals surface area contributed by atoms with E-state index in [-0.39, 0.29) is 5.82 Å². The lowest BCUT2D eigenvalue weighted by atomic mass is 9.91. The van der Waals surface area contributed by atoms with Crippen LogP contribution in [0.3, 0.4) is 0 Å². The summed E-state index contributed by atoms with van der Waals surface area (Å²) in [6.45, 7) is 0.589. The molecule has 0 bridgehead atoms. The second-order valence-corrected chi connectivity index (χ2v) is 6.06. The van der Waals surface area contributed by atoms with Crippen molar-refractivity contribution in [2.75, 3.05) is 6.54 Å². The van der Waals surface area contributed by atoms with Gasteiger partial charge in [0, 0.05) is 0 Å². The van der Waals surface area contributed by atoms with Gasteiger partial charge in [-0.05, 0) is 72.9 Å². The molecule has 0 spiro atoms. The molecule has 1 aliphatic carbocycles. The van der Waals surface area contributed by atoms with Crippen molar-refractivity contribution in [2.45, 2.75) is 32.1 Å². The Labute approximate surface area is 126 Å². The third-order valence-corrected chi connectivity index (χ3v) is 4.49. The Morgan fingerprint density at radius 3 is 2.62 bits per heavy atom. The van der Waals surface area contributed by atoms with Crippen LogP contribution in [0.15, 0.2) is 42.5 Å². The summed E-state index contributed by atoms with van der Waals surface area (Å²) in [7, 11) is 0. The van der Waals surface area contributed by atoms with E-state index in [1.165, 1.54) is 42.0 Å². The van der Waals surface area contributed by atoms with Crippen LogP contribution in [0.5, 0.6) is 0 Å². The van der Waals surface area contributed by atoms with Crippen molar-refractivity contribution in [1.29, 1.82) is 0 Å². The molecule has 2 heteroatoms. The smallest absolute Gasteiger partial charge is 0.126 e. The molecule has 0 aromatic heterocycles. The predicted molar refractivity (Wildman–Crippen MR) is 84.8 cm³/mol. The molecule has 0 saturated carbocycles. The number of hydrogen-bond donors (Lipinski definition) is 1. The van der Waals surface area contributed by atoms with Crippen LogP contribution in [-0.4, -0.2) is 6.54 Å². The lowest BCUT2D eigenvalue weighted by molar-refractivity contribution is 0.512. The topological polar surface area (TPSA) is 26.0 Å².